The monoisotopic (exact) mass is 433 g/mol. The van der Waals surface area contributed by atoms with Crippen molar-refractivity contribution in [1.82, 2.24) is 14.5 Å². The summed E-state index contributed by atoms with van der Waals surface area (Å²) in [6.45, 7) is 12.9. The van der Waals surface area contributed by atoms with E-state index < -0.39 is 0 Å². The molecule has 3 aromatic rings. The second-order valence-corrected chi connectivity index (χ2v) is 9.14. The number of para-hydroxylation sites is 1. The van der Waals surface area contributed by atoms with Gasteiger partial charge in [0.2, 0.25) is 5.91 Å². The van der Waals surface area contributed by atoms with Gasteiger partial charge in [0.15, 0.2) is 0 Å². The standard InChI is InChI=1S/C27H35N3O2/c1-7-8-13-25(31)29(17-18(2)3)21(6)26-28-23-12-10-9-11-22(23)27(32)30(26)24-16-19(4)14-15-20(24)5/h9-12,14-16,18,21H,7-8,13,17H2,1-6H3/t21-/m1/s1. The van der Waals surface area contributed by atoms with Gasteiger partial charge in [0, 0.05) is 13.0 Å². The van der Waals surface area contributed by atoms with E-state index in [9.17, 15) is 9.59 Å². The van der Waals surface area contributed by atoms with Gasteiger partial charge < -0.3 is 4.90 Å². The van der Waals surface area contributed by atoms with E-state index in [1.165, 1.54) is 0 Å². The molecule has 2 aromatic carbocycles. The number of aromatic nitrogens is 2. The summed E-state index contributed by atoms with van der Waals surface area (Å²) >= 11 is 0. The maximum absolute atomic E-state index is 13.7. The van der Waals surface area contributed by atoms with Crippen molar-refractivity contribution in [1.29, 1.82) is 0 Å². The lowest BCUT2D eigenvalue weighted by molar-refractivity contribution is -0.134. The smallest absolute Gasteiger partial charge is 0.266 e. The molecule has 0 aliphatic carbocycles. The molecule has 0 saturated heterocycles. The van der Waals surface area contributed by atoms with Gasteiger partial charge in [0.1, 0.15) is 5.82 Å². The van der Waals surface area contributed by atoms with Gasteiger partial charge in [0.05, 0.1) is 22.6 Å². The number of carbonyl (C=O) groups excluding carboxylic acids is 1. The number of benzene rings is 2. The number of amides is 1. The molecule has 0 aliphatic rings. The number of rotatable bonds is 8. The number of carbonyl (C=O) groups is 1. The van der Waals surface area contributed by atoms with Crippen LogP contribution in [0.1, 0.15) is 70.0 Å². The highest BCUT2D eigenvalue weighted by Crippen LogP contribution is 2.26. The molecule has 170 valence electrons. The molecule has 1 amide bonds. The van der Waals surface area contributed by atoms with E-state index in [0.717, 1.165) is 29.7 Å². The van der Waals surface area contributed by atoms with Gasteiger partial charge >= 0.3 is 0 Å². The SMILES string of the molecule is CCCCC(=O)N(CC(C)C)[C@H](C)c1nc2ccccc2c(=O)n1-c1cc(C)ccc1C. The van der Waals surface area contributed by atoms with E-state index in [0.29, 0.717) is 35.6 Å². The summed E-state index contributed by atoms with van der Waals surface area (Å²) in [5, 5.41) is 0.581. The van der Waals surface area contributed by atoms with E-state index in [2.05, 4.69) is 20.8 Å². The summed E-state index contributed by atoms with van der Waals surface area (Å²) in [6.07, 6.45) is 2.33. The largest absolute Gasteiger partial charge is 0.333 e. The zero-order valence-electron chi connectivity index (χ0n) is 20.2. The number of fused-ring (bicyclic) bond motifs is 1. The Kier molecular flexibility index (Phi) is 7.49. The van der Waals surface area contributed by atoms with Crippen molar-refractivity contribution < 1.29 is 4.79 Å². The topological polar surface area (TPSA) is 55.2 Å². The number of hydrogen-bond donors (Lipinski definition) is 0. The van der Waals surface area contributed by atoms with Crippen LogP contribution in [-0.4, -0.2) is 26.9 Å². The lowest BCUT2D eigenvalue weighted by Gasteiger charge is -2.32. The van der Waals surface area contributed by atoms with Crippen LogP contribution in [-0.2, 0) is 4.79 Å². The molecule has 0 unspecified atom stereocenters. The molecule has 3 rings (SSSR count). The van der Waals surface area contributed by atoms with Crippen LogP contribution in [0.25, 0.3) is 16.6 Å². The molecule has 0 aliphatic heterocycles. The molecule has 0 N–H and O–H groups in total. The molecule has 0 fully saturated rings. The van der Waals surface area contributed by atoms with Crippen molar-refractivity contribution in [2.75, 3.05) is 6.54 Å². The number of aryl methyl sites for hydroxylation is 2. The Morgan fingerprint density at radius 1 is 1.09 bits per heavy atom. The second kappa shape index (κ2) is 10.1. The maximum Gasteiger partial charge on any atom is 0.266 e. The van der Waals surface area contributed by atoms with Crippen LogP contribution in [0, 0.1) is 19.8 Å². The van der Waals surface area contributed by atoms with Gasteiger partial charge in [-0.25, -0.2) is 4.98 Å². The van der Waals surface area contributed by atoms with E-state index in [-0.39, 0.29) is 17.5 Å². The van der Waals surface area contributed by atoms with Gasteiger partial charge in [-0.3, -0.25) is 14.2 Å². The van der Waals surface area contributed by atoms with Crippen molar-refractivity contribution >= 4 is 16.8 Å². The van der Waals surface area contributed by atoms with Crippen LogP contribution in [0.15, 0.2) is 47.3 Å². The highest BCUT2D eigenvalue weighted by molar-refractivity contribution is 5.79. The van der Waals surface area contributed by atoms with Crippen LogP contribution < -0.4 is 5.56 Å². The molecule has 1 atom stereocenters. The third-order valence-corrected chi connectivity index (χ3v) is 5.87. The molecule has 5 nitrogen and oxygen atoms in total. The zero-order chi connectivity index (χ0) is 23.4. The minimum absolute atomic E-state index is 0.100. The number of unbranched alkanes of at least 4 members (excludes halogenated alkanes) is 1. The first-order chi connectivity index (χ1) is 15.2. The summed E-state index contributed by atoms with van der Waals surface area (Å²) in [5.74, 6) is 1.03. The van der Waals surface area contributed by atoms with E-state index in [4.69, 9.17) is 4.98 Å². The van der Waals surface area contributed by atoms with Gasteiger partial charge in [-0.15, -0.1) is 0 Å². The average Bonchev–Trinajstić information content (AvgIpc) is 2.77. The minimum atomic E-state index is -0.334. The Morgan fingerprint density at radius 2 is 1.81 bits per heavy atom. The first kappa shape index (κ1) is 23.7. The fourth-order valence-electron chi connectivity index (χ4n) is 4.10. The van der Waals surface area contributed by atoms with Crippen molar-refractivity contribution in [2.24, 2.45) is 5.92 Å². The highest BCUT2D eigenvalue weighted by Gasteiger charge is 2.27. The molecule has 1 aromatic heterocycles. The van der Waals surface area contributed by atoms with E-state index in [1.807, 2.05) is 68.1 Å². The molecule has 0 saturated carbocycles. The predicted octanol–water partition coefficient (Wildman–Crippen LogP) is 5.74. The van der Waals surface area contributed by atoms with Crippen LogP contribution in [0.3, 0.4) is 0 Å². The van der Waals surface area contributed by atoms with Gasteiger partial charge in [-0.2, -0.15) is 0 Å². The van der Waals surface area contributed by atoms with Crippen molar-refractivity contribution in [3.63, 3.8) is 0 Å². The summed E-state index contributed by atoms with van der Waals surface area (Å²) in [6, 6.07) is 13.2. The maximum atomic E-state index is 13.7. The quantitative estimate of drug-likeness (QED) is 0.455. The molecule has 32 heavy (non-hydrogen) atoms. The van der Waals surface area contributed by atoms with E-state index >= 15 is 0 Å². The lowest BCUT2D eigenvalue weighted by atomic mass is 10.1. The van der Waals surface area contributed by atoms with Gasteiger partial charge in [0.25, 0.3) is 5.56 Å². The lowest BCUT2D eigenvalue weighted by Crippen LogP contribution is -2.39. The summed E-state index contributed by atoms with van der Waals surface area (Å²) in [5.41, 5.74) is 3.45. The molecule has 0 radical (unpaired) electrons. The van der Waals surface area contributed by atoms with Crippen LogP contribution in [0.2, 0.25) is 0 Å². The third kappa shape index (κ3) is 4.93. The number of hydrogen-bond acceptors (Lipinski definition) is 3. The van der Waals surface area contributed by atoms with Crippen molar-refractivity contribution in [3.8, 4) is 5.69 Å². The fraction of sp³-hybridized carbons (Fsp3) is 0.444. The Labute approximate surface area is 191 Å². The van der Waals surface area contributed by atoms with Gasteiger partial charge in [-0.05, 0) is 62.4 Å². The molecular formula is C27H35N3O2. The normalized spacial score (nSPS) is 12.3. The Morgan fingerprint density at radius 3 is 2.50 bits per heavy atom. The Balaban J connectivity index is 2.26. The predicted molar refractivity (Wildman–Crippen MR) is 131 cm³/mol. The fourth-order valence-corrected chi connectivity index (χ4v) is 4.10. The molecular weight excluding hydrogens is 398 g/mol. The molecule has 1 heterocycles. The first-order valence-corrected chi connectivity index (χ1v) is 11.6. The third-order valence-electron chi connectivity index (χ3n) is 5.87. The zero-order valence-corrected chi connectivity index (χ0v) is 20.2. The number of nitrogens with zero attached hydrogens (tertiary/aromatic N) is 3. The van der Waals surface area contributed by atoms with Crippen LogP contribution in [0.4, 0.5) is 0 Å². The van der Waals surface area contributed by atoms with E-state index in [1.54, 1.807) is 4.57 Å². The summed E-state index contributed by atoms with van der Waals surface area (Å²) in [7, 11) is 0. The van der Waals surface area contributed by atoms with Crippen molar-refractivity contribution in [2.45, 2.75) is 66.8 Å². The highest BCUT2D eigenvalue weighted by atomic mass is 16.2. The minimum Gasteiger partial charge on any atom is -0.333 e. The van der Waals surface area contributed by atoms with Gasteiger partial charge in [-0.1, -0.05) is 51.5 Å². The molecule has 0 bridgehead atoms. The molecule has 5 heteroatoms. The van der Waals surface area contributed by atoms with Crippen LogP contribution in [0.5, 0.6) is 0 Å². The van der Waals surface area contributed by atoms with Crippen molar-refractivity contribution in [3.05, 3.63) is 69.8 Å². The summed E-state index contributed by atoms with van der Waals surface area (Å²) in [4.78, 5) is 33.7. The first-order valence-electron chi connectivity index (χ1n) is 11.6. The van der Waals surface area contributed by atoms with Crippen LogP contribution >= 0.6 is 0 Å². The molecule has 0 spiro atoms. The average molecular weight is 434 g/mol. The Bertz CT molecular complexity index is 1160. The second-order valence-electron chi connectivity index (χ2n) is 9.14. The summed E-state index contributed by atoms with van der Waals surface area (Å²) < 4.78 is 1.72. The Hall–Kier alpha value is -2.95.